The molecule has 1 rings (SSSR count). The first-order valence-corrected chi connectivity index (χ1v) is 15.9. The maximum absolute atomic E-state index is 12.1. The summed E-state index contributed by atoms with van der Waals surface area (Å²) in [6.45, 7) is 10.1. The Bertz CT molecular complexity index is 658. The fourth-order valence-corrected chi connectivity index (χ4v) is 4.62. The third kappa shape index (κ3) is 21.5. The first-order chi connectivity index (χ1) is 18.4. The van der Waals surface area contributed by atoms with E-state index in [1.165, 1.54) is 95.5 Å². The summed E-state index contributed by atoms with van der Waals surface area (Å²) in [6, 6.07) is 10.2. The van der Waals surface area contributed by atoms with Crippen molar-refractivity contribution in [3.05, 3.63) is 35.9 Å². The van der Waals surface area contributed by atoms with Gasteiger partial charge in [-0.2, -0.15) is 0 Å². The van der Waals surface area contributed by atoms with Gasteiger partial charge < -0.3 is 14.2 Å². The molecule has 0 spiro atoms. The third-order valence-corrected chi connectivity index (χ3v) is 7.29. The first kappa shape index (κ1) is 34.6. The minimum absolute atomic E-state index is 0.141. The normalized spacial score (nSPS) is 12.5. The number of benzene rings is 1. The van der Waals surface area contributed by atoms with E-state index < -0.39 is 0 Å². The number of carbonyl (C=O) groups is 1. The summed E-state index contributed by atoms with van der Waals surface area (Å²) < 4.78 is 17.3. The van der Waals surface area contributed by atoms with E-state index in [9.17, 15) is 4.79 Å². The van der Waals surface area contributed by atoms with Crippen molar-refractivity contribution in [2.24, 2.45) is 0 Å². The Morgan fingerprint density at radius 3 is 1.76 bits per heavy atom. The van der Waals surface area contributed by atoms with Crippen molar-refractivity contribution in [2.45, 2.75) is 162 Å². The molecule has 0 amide bonds. The minimum Gasteiger partial charge on any atom is -0.466 e. The lowest BCUT2D eigenvalue weighted by atomic mass is 10.0. The second-order valence-corrected chi connectivity index (χ2v) is 11.7. The summed E-state index contributed by atoms with van der Waals surface area (Å²) in [7, 11) is 0. The van der Waals surface area contributed by atoms with Crippen LogP contribution in [0.1, 0.15) is 149 Å². The number of ether oxygens (including phenoxy) is 3. The average molecular weight is 533 g/mol. The highest BCUT2D eigenvalue weighted by atomic mass is 16.5. The zero-order chi connectivity index (χ0) is 27.7. The molecule has 1 unspecified atom stereocenters. The molecule has 220 valence electrons. The molecular weight excluding hydrogens is 472 g/mol. The monoisotopic (exact) mass is 532 g/mol. The van der Waals surface area contributed by atoms with Gasteiger partial charge in [-0.1, -0.05) is 134 Å². The Morgan fingerprint density at radius 2 is 1.24 bits per heavy atom. The molecule has 0 aliphatic carbocycles. The lowest BCUT2D eigenvalue weighted by Gasteiger charge is -2.26. The SMILES string of the molecule is CCCCCCCCCCCCCCCCCCOC(=O)CC(C)OCCC(C)(C)OCc1ccccc1. The molecule has 0 bridgehead atoms. The van der Waals surface area contributed by atoms with E-state index >= 15 is 0 Å². The predicted molar refractivity (Wildman–Crippen MR) is 160 cm³/mol. The second-order valence-electron chi connectivity index (χ2n) is 11.7. The standard InChI is InChI=1S/C34H60O4/c1-5-6-7-8-9-10-11-12-13-14-15-16-17-18-19-23-27-37-33(35)29-31(2)36-28-26-34(3,4)38-30-32-24-21-20-22-25-32/h20-22,24-25,31H,5-19,23,26-30H2,1-4H3. The van der Waals surface area contributed by atoms with Gasteiger partial charge in [-0.05, 0) is 39.2 Å². The van der Waals surface area contributed by atoms with Crippen LogP contribution >= 0.6 is 0 Å². The number of rotatable bonds is 26. The molecule has 0 fully saturated rings. The van der Waals surface area contributed by atoms with E-state index in [2.05, 4.69) is 32.9 Å². The molecule has 4 heteroatoms. The summed E-state index contributed by atoms with van der Waals surface area (Å²) in [5, 5.41) is 0. The topological polar surface area (TPSA) is 44.8 Å². The van der Waals surface area contributed by atoms with Crippen molar-refractivity contribution in [3.63, 3.8) is 0 Å². The van der Waals surface area contributed by atoms with Crippen LogP contribution in [0.15, 0.2) is 30.3 Å². The molecule has 0 saturated heterocycles. The molecule has 0 heterocycles. The van der Waals surface area contributed by atoms with Gasteiger partial charge in [-0.25, -0.2) is 0 Å². The highest BCUT2D eigenvalue weighted by Gasteiger charge is 2.19. The van der Waals surface area contributed by atoms with E-state index in [4.69, 9.17) is 14.2 Å². The largest absolute Gasteiger partial charge is 0.466 e. The predicted octanol–water partition coefficient (Wildman–Crippen LogP) is 9.97. The molecule has 0 aliphatic heterocycles. The summed E-state index contributed by atoms with van der Waals surface area (Å²) >= 11 is 0. The lowest BCUT2D eigenvalue weighted by molar-refractivity contribution is -0.147. The fourth-order valence-electron chi connectivity index (χ4n) is 4.62. The van der Waals surface area contributed by atoms with E-state index in [-0.39, 0.29) is 17.7 Å². The van der Waals surface area contributed by atoms with Crippen LogP contribution in [0, 0.1) is 0 Å². The van der Waals surface area contributed by atoms with Crippen molar-refractivity contribution < 1.29 is 19.0 Å². The fraction of sp³-hybridized carbons (Fsp3) is 0.794. The smallest absolute Gasteiger partial charge is 0.308 e. The number of unbranched alkanes of at least 4 members (excludes halogenated alkanes) is 15. The summed E-state index contributed by atoms with van der Waals surface area (Å²) in [5.74, 6) is -0.155. The molecule has 1 atom stereocenters. The lowest BCUT2D eigenvalue weighted by Crippen LogP contribution is -2.27. The van der Waals surface area contributed by atoms with Crippen LogP contribution in [0.2, 0.25) is 0 Å². The van der Waals surface area contributed by atoms with Crippen LogP contribution in [-0.4, -0.2) is 30.9 Å². The molecule has 1 aromatic rings. The zero-order valence-corrected chi connectivity index (χ0v) is 25.4. The Labute approximate surface area is 235 Å². The van der Waals surface area contributed by atoms with Gasteiger partial charge in [-0.3, -0.25) is 4.79 Å². The zero-order valence-electron chi connectivity index (χ0n) is 25.4. The molecule has 4 nitrogen and oxygen atoms in total. The van der Waals surface area contributed by atoms with Gasteiger partial charge in [0, 0.05) is 6.61 Å². The molecule has 0 aliphatic rings. The molecular formula is C34H60O4. The molecule has 0 saturated carbocycles. The van der Waals surface area contributed by atoms with Crippen molar-refractivity contribution in [1.82, 2.24) is 0 Å². The number of esters is 1. The maximum Gasteiger partial charge on any atom is 0.308 e. The average Bonchev–Trinajstić information content (AvgIpc) is 2.90. The van der Waals surface area contributed by atoms with Crippen molar-refractivity contribution in [2.75, 3.05) is 13.2 Å². The Morgan fingerprint density at radius 1 is 0.737 bits per heavy atom. The van der Waals surface area contributed by atoms with E-state index in [1.54, 1.807) is 0 Å². The summed E-state index contributed by atoms with van der Waals surface area (Å²) in [6.07, 6.45) is 22.5. The van der Waals surface area contributed by atoms with Crippen molar-refractivity contribution in [1.29, 1.82) is 0 Å². The summed E-state index contributed by atoms with van der Waals surface area (Å²) in [4.78, 5) is 12.1. The highest BCUT2D eigenvalue weighted by Crippen LogP contribution is 2.18. The van der Waals surface area contributed by atoms with Crippen LogP contribution in [0.5, 0.6) is 0 Å². The van der Waals surface area contributed by atoms with Crippen LogP contribution in [0.25, 0.3) is 0 Å². The number of carbonyl (C=O) groups excluding carboxylic acids is 1. The van der Waals surface area contributed by atoms with Gasteiger partial charge in [0.2, 0.25) is 0 Å². The van der Waals surface area contributed by atoms with Crippen LogP contribution < -0.4 is 0 Å². The van der Waals surface area contributed by atoms with Crippen molar-refractivity contribution in [3.8, 4) is 0 Å². The van der Waals surface area contributed by atoms with Crippen molar-refractivity contribution >= 4 is 5.97 Å². The summed E-state index contributed by atoms with van der Waals surface area (Å²) in [5.41, 5.74) is 0.894. The van der Waals surface area contributed by atoms with Gasteiger partial charge in [0.1, 0.15) is 0 Å². The Kier molecular flexibility index (Phi) is 21.4. The van der Waals surface area contributed by atoms with E-state index in [0.29, 0.717) is 26.2 Å². The molecule has 38 heavy (non-hydrogen) atoms. The first-order valence-electron chi connectivity index (χ1n) is 15.9. The van der Waals surface area contributed by atoms with Gasteiger partial charge in [0.15, 0.2) is 0 Å². The van der Waals surface area contributed by atoms with Gasteiger partial charge >= 0.3 is 5.97 Å². The highest BCUT2D eigenvalue weighted by molar-refractivity contribution is 5.69. The van der Waals surface area contributed by atoms with E-state index in [1.807, 2.05) is 25.1 Å². The molecule has 0 radical (unpaired) electrons. The molecule has 0 N–H and O–H groups in total. The Hall–Kier alpha value is -1.39. The Balaban J connectivity index is 1.87. The van der Waals surface area contributed by atoms with Crippen LogP contribution in [-0.2, 0) is 25.6 Å². The van der Waals surface area contributed by atoms with Crippen LogP contribution in [0.4, 0.5) is 0 Å². The second kappa shape index (κ2) is 23.5. The molecule has 1 aromatic carbocycles. The molecule has 0 aromatic heterocycles. The quantitative estimate of drug-likeness (QED) is 0.0879. The maximum atomic E-state index is 12.1. The van der Waals surface area contributed by atoms with Gasteiger partial charge in [0.25, 0.3) is 0 Å². The number of hydrogen-bond acceptors (Lipinski definition) is 4. The van der Waals surface area contributed by atoms with Gasteiger partial charge in [0.05, 0.1) is 31.3 Å². The third-order valence-electron chi connectivity index (χ3n) is 7.29. The van der Waals surface area contributed by atoms with E-state index in [0.717, 1.165) is 19.3 Å². The number of hydrogen-bond donors (Lipinski definition) is 0. The minimum atomic E-state index is -0.274. The van der Waals surface area contributed by atoms with Crippen LogP contribution in [0.3, 0.4) is 0 Å². The van der Waals surface area contributed by atoms with Gasteiger partial charge in [-0.15, -0.1) is 0 Å².